The van der Waals surface area contributed by atoms with Crippen LogP contribution in [0.15, 0.2) is 76.4 Å². The molecule has 0 fully saturated rings. The average molecular weight is 555 g/mol. The van der Waals surface area contributed by atoms with Gasteiger partial charge in [0.15, 0.2) is 0 Å². The van der Waals surface area contributed by atoms with Crippen molar-refractivity contribution in [2.45, 2.75) is 24.2 Å². The van der Waals surface area contributed by atoms with E-state index in [-0.39, 0.29) is 12.1 Å². The van der Waals surface area contributed by atoms with E-state index in [1.165, 1.54) is 25.3 Å². The first kappa shape index (κ1) is 26.6. The van der Waals surface area contributed by atoms with E-state index >= 15 is 0 Å². The fourth-order valence-corrected chi connectivity index (χ4v) is 5.60. The second kappa shape index (κ2) is 10.2. The van der Waals surface area contributed by atoms with Crippen molar-refractivity contribution in [3.63, 3.8) is 0 Å². The summed E-state index contributed by atoms with van der Waals surface area (Å²) in [7, 11) is -3.20. The van der Waals surface area contributed by atoms with Crippen molar-refractivity contribution in [2.24, 2.45) is 0 Å². The molecule has 1 heterocycles. The molecule has 194 valence electrons. The zero-order chi connectivity index (χ0) is 27.0. The van der Waals surface area contributed by atoms with Gasteiger partial charge >= 0.3 is 6.18 Å². The second-order valence-electron chi connectivity index (χ2n) is 8.12. The molecule has 0 aliphatic heterocycles. The fourth-order valence-electron chi connectivity index (χ4n) is 3.70. The predicted molar refractivity (Wildman–Crippen MR) is 130 cm³/mol. The number of aromatic nitrogens is 1. The van der Waals surface area contributed by atoms with Gasteiger partial charge in [0.05, 0.1) is 23.2 Å². The zero-order valence-electron chi connectivity index (χ0n) is 19.1. The van der Waals surface area contributed by atoms with Crippen LogP contribution in [0.3, 0.4) is 0 Å². The zero-order valence-corrected chi connectivity index (χ0v) is 20.7. The number of nitrogens with one attached hydrogen (secondary N) is 1. The molecule has 0 aliphatic carbocycles. The molecule has 1 N–H and O–H groups in total. The topological polar surface area (TPSA) is 79.5 Å². The smallest absolute Gasteiger partial charge is 0.416 e. The highest BCUT2D eigenvalue weighted by molar-refractivity contribution is 7.89. The molecule has 0 saturated heterocycles. The summed E-state index contributed by atoms with van der Waals surface area (Å²) in [6.07, 6.45) is -4.81. The third kappa shape index (κ3) is 5.79. The largest absolute Gasteiger partial charge is 0.497 e. The number of alkyl halides is 3. The Morgan fingerprint density at radius 2 is 1.68 bits per heavy atom. The molecule has 0 saturated carbocycles. The van der Waals surface area contributed by atoms with Gasteiger partial charge in [0.25, 0.3) is 5.56 Å². The van der Waals surface area contributed by atoms with E-state index in [0.29, 0.717) is 34.3 Å². The van der Waals surface area contributed by atoms with Gasteiger partial charge in [-0.25, -0.2) is 12.8 Å². The van der Waals surface area contributed by atoms with E-state index in [1.54, 1.807) is 18.2 Å². The first-order valence-electron chi connectivity index (χ1n) is 10.7. The number of aromatic amines is 1. The maximum Gasteiger partial charge on any atom is 0.416 e. The van der Waals surface area contributed by atoms with E-state index in [1.807, 2.05) is 0 Å². The molecular weight excluding hydrogens is 536 g/mol. The van der Waals surface area contributed by atoms with Gasteiger partial charge < -0.3 is 9.72 Å². The van der Waals surface area contributed by atoms with E-state index < -0.39 is 49.6 Å². The first-order valence-corrected chi connectivity index (χ1v) is 12.5. The Morgan fingerprint density at radius 3 is 2.32 bits per heavy atom. The average Bonchev–Trinajstić information content (AvgIpc) is 2.84. The van der Waals surface area contributed by atoms with Crippen LogP contribution in [0, 0.1) is 5.82 Å². The van der Waals surface area contributed by atoms with Crippen LogP contribution in [0.5, 0.6) is 5.75 Å². The Bertz CT molecular complexity index is 1620. The Morgan fingerprint density at radius 1 is 0.973 bits per heavy atom. The van der Waals surface area contributed by atoms with Crippen LogP contribution in [-0.2, 0) is 29.3 Å². The van der Waals surface area contributed by atoms with Crippen molar-refractivity contribution < 1.29 is 30.7 Å². The van der Waals surface area contributed by atoms with Crippen LogP contribution in [0.4, 0.5) is 17.6 Å². The molecule has 4 aromatic rings. The molecular formula is C25H19ClF4N2O4S. The molecule has 0 spiro atoms. The lowest BCUT2D eigenvalue weighted by Crippen LogP contribution is -2.33. The van der Waals surface area contributed by atoms with Crippen LogP contribution in [0.2, 0.25) is 5.02 Å². The number of nitrogens with zero attached hydrogens (tertiary/aromatic N) is 1. The highest BCUT2D eigenvalue weighted by Gasteiger charge is 2.35. The first-order chi connectivity index (χ1) is 17.4. The molecule has 0 amide bonds. The van der Waals surface area contributed by atoms with Gasteiger partial charge in [-0.15, -0.1) is 0 Å². The van der Waals surface area contributed by atoms with Crippen molar-refractivity contribution >= 4 is 32.5 Å². The lowest BCUT2D eigenvalue weighted by atomic mass is 10.1. The Kier molecular flexibility index (Phi) is 7.31. The summed E-state index contributed by atoms with van der Waals surface area (Å²) in [5, 5.41) is 0.156. The van der Waals surface area contributed by atoms with E-state index in [0.717, 1.165) is 22.5 Å². The number of H-pyrrole nitrogens is 1. The van der Waals surface area contributed by atoms with Crippen LogP contribution in [0.25, 0.3) is 10.9 Å². The normalized spacial score (nSPS) is 12.3. The van der Waals surface area contributed by atoms with Gasteiger partial charge in [-0.1, -0.05) is 23.7 Å². The molecule has 0 atom stereocenters. The summed E-state index contributed by atoms with van der Waals surface area (Å²) in [6, 6.07) is 13.3. The number of halogens is 5. The van der Waals surface area contributed by atoms with Crippen LogP contribution >= 0.6 is 11.6 Å². The maximum atomic E-state index is 13.6. The van der Waals surface area contributed by atoms with Gasteiger partial charge in [0.2, 0.25) is 10.0 Å². The quantitative estimate of drug-likeness (QED) is 0.296. The van der Waals surface area contributed by atoms with E-state index in [4.69, 9.17) is 16.3 Å². The van der Waals surface area contributed by atoms with Gasteiger partial charge in [-0.2, -0.15) is 17.5 Å². The van der Waals surface area contributed by atoms with Crippen molar-refractivity contribution in [1.29, 1.82) is 0 Å². The van der Waals surface area contributed by atoms with Gasteiger partial charge in [0.1, 0.15) is 16.5 Å². The SMILES string of the molecule is COc1ccc2cc(CN(Cc3ccc(F)cc3)S(=O)(=O)c3cc(C(F)(F)F)ccc3Cl)c(=O)[nH]c2c1. The van der Waals surface area contributed by atoms with Crippen molar-refractivity contribution in [2.75, 3.05) is 7.11 Å². The van der Waals surface area contributed by atoms with Crippen LogP contribution in [-0.4, -0.2) is 24.8 Å². The summed E-state index contributed by atoms with van der Waals surface area (Å²) in [5.41, 5.74) is -0.978. The van der Waals surface area contributed by atoms with Gasteiger partial charge in [-0.3, -0.25) is 4.79 Å². The molecule has 6 nitrogen and oxygen atoms in total. The highest BCUT2D eigenvalue weighted by atomic mass is 35.5. The molecule has 0 unspecified atom stereocenters. The number of pyridine rings is 1. The monoisotopic (exact) mass is 554 g/mol. The summed E-state index contributed by atoms with van der Waals surface area (Å²) < 4.78 is 86.7. The minimum atomic E-state index is -4.81. The molecule has 4 rings (SSSR count). The van der Waals surface area contributed by atoms with E-state index in [9.17, 15) is 30.8 Å². The molecule has 1 aromatic heterocycles. The standard InChI is InChI=1S/C25H19ClF4N2O4S/c1-36-20-8-4-16-10-17(24(33)31-22(16)12-20)14-32(13-15-2-6-19(27)7-3-15)37(34,35)23-11-18(25(28,29)30)5-9-21(23)26/h2-12H,13-14H2,1H3,(H,31,33). The number of rotatable bonds is 7. The molecule has 37 heavy (non-hydrogen) atoms. The Labute approximate surface area is 214 Å². The third-order valence-electron chi connectivity index (χ3n) is 5.63. The molecule has 0 bridgehead atoms. The Balaban J connectivity index is 1.82. The number of hydrogen-bond acceptors (Lipinski definition) is 4. The fraction of sp³-hybridized carbons (Fsp3) is 0.160. The molecule has 3 aromatic carbocycles. The molecule has 0 radical (unpaired) electrons. The summed E-state index contributed by atoms with van der Waals surface area (Å²) in [5.74, 6) is -0.0592. The summed E-state index contributed by atoms with van der Waals surface area (Å²) in [6.45, 7) is -0.862. The number of ether oxygens (including phenoxy) is 1. The Hall–Kier alpha value is -3.41. The summed E-state index contributed by atoms with van der Waals surface area (Å²) >= 11 is 6.04. The number of sulfonamides is 1. The predicted octanol–water partition coefficient (Wildman–Crippen LogP) is 5.74. The van der Waals surface area contributed by atoms with Crippen LogP contribution < -0.4 is 10.3 Å². The minimum Gasteiger partial charge on any atom is -0.497 e. The highest BCUT2D eigenvalue weighted by Crippen LogP contribution is 2.35. The second-order valence-corrected chi connectivity index (χ2v) is 10.4. The minimum absolute atomic E-state index is 0.0338. The number of benzene rings is 3. The van der Waals surface area contributed by atoms with Gasteiger partial charge in [0, 0.05) is 24.7 Å². The van der Waals surface area contributed by atoms with Crippen molar-refractivity contribution in [1.82, 2.24) is 9.29 Å². The molecule has 0 aliphatic rings. The summed E-state index contributed by atoms with van der Waals surface area (Å²) in [4.78, 5) is 14.7. The van der Waals surface area contributed by atoms with Gasteiger partial charge in [-0.05, 0) is 59.5 Å². The van der Waals surface area contributed by atoms with E-state index in [2.05, 4.69) is 4.98 Å². The van der Waals surface area contributed by atoms with Crippen molar-refractivity contribution in [3.05, 3.63) is 105 Å². The third-order valence-corrected chi connectivity index (χ3v) is 7.90. The number of fused-ring (bicyclic) bond motifs is 1. The number of hydrogen-bond donors (Lipinski definition) is 1. The van der Waals surface area contributed by atoms with Crippen LogP contribution in [0.1, 0.15) is 16.7 Å². The number of methoxy groups -OCH3 is 1. The lowest BCUT2D eigenvalue weighted by molar-refractivity contribution is -0.137. The lowest BCUT2D eigenvalue weighted by Gasteiger charge is -2.23. The van der Waals surface area contributed by atoms with Crippen molar-refractivity contribution in [3.8, 4) is 5.75 Å². The molecule has 12 heteroatoms. The maximum absolute atomic E-state index is 13.6.